The number of nitrogens with zero attached hydrogens (tertiary/aromatic N) is 3. The van der Waals surface area contributed by atoms with Crippen molar-refractivity contribution in [1.29, 1.82) is 0 Å². The molecule has 3 heterocycles. The number of aromatic hydroxyl groups is 1. The summed E-state index contributed by atoms with van der Waals surface area (Å²) in [5.74, 6) is -0.123. The van der Waals surface area contributed by atoms with Gasteiger partial charge < -0.3 is 15.3 Å². The van der Waals surface area contributed by atoms with E-state index in [1.54, 1.807) is 36.1 Å². The van der Waals surface area contributed by atoms with Gasteiger partial charge in [0.2, 0.25) is 0 Å². The van der Waals surface area contributed by atoms with Crippen molar-refractivity contribution in [3.63, 3.8) is 0 Å². The lowest BCUT2D eigenvalue weighted by atomic mass is 9.98. The zero-order valence-corrected chi connectivity index (χ0v) is 19.6. The number of halogens is 3. The van der Waals surface area contributed by atoms with Crippen molar-refractivity contribution in [3.8, 4) is 17.0 Å². The molecule has 7 nitrogen and oxygen atoms in total. The molecule has 1 aliphatic heterocycles. The van der Waals surface area contributed by atoms with E-state index in [2.05, 4.69) is 20.5 Å². The smallest absolute Gasteiger partial charge is 0.416 e. The van der Waals surface area contributed by atoms with Crippen LogP contribution in [-0.4, -0.2) is 50.7 Å². The summed E-state index contributed by atoms with van der Waals surface area (Å²) in [4.78, 5) is 20.4. The molecule has 36 heavy (non-hydrogen) atoms. The number of phenols is 1. The Balaban J connectivity index is 1.58. The minimum absolute atomic E-state index is 0.131. The zero-order valence-electron chi connectivity index (χ0n) is 19.6. The van der Waals surface area contributed by atoms with E-state index >= 15 is 0 Å². The van der Waals surface area contributed by atoms with Crippen LogP contribution in [-0.2, 0) is 6.18 Å². The van der Waals surface area contributed by atoms with Crippen molar-refractivity contribution < 1.29 is 23.1 Å². The number of aromatic amines is 1. The third-order valence-corrected chi connectivity index (χ3v) is 6.55. The molecule has 4 aromatic rings. The van der Waals surface area contributed by atoms with Crippen molar-refractivity contribution in [2.75, 3.05) is 19.6 Å². The van der Waals surface area contributed by atoms with Crippen LogP contribution in [0.5, 0.6) is 5.75 Å². The Labute approximate surface area is 205 Å². The highest BCUT2D eigenvalue weighted by Gasteiger charge is 2.33. The molecule has 1 unspecified atom stereocenters. The van der Waals surface area contributed by atoms with Crippen LogP contribution in [0.4, 0.5) is 13.2 Å². The number of pyridine rings is 1. The number of piperazine rings is 1. The first-order valence-corrected chi connectivity index (χ1v) is 11.5. The number of carbonyl (C=O) groups excluding carboxylic acids is 1. The normalized spacial score (nSPS) is 16.5. The molecule has 186 valence electrons. The van der Waals surface area contributed by atoms with Crippen LogP contribution in [0.1, 0.15) is 38.8 Å². The van der Waals surface area contributed by atoms with Gasteiger partial charge in [0.05, 0.1) is 33.9 Å². The second-order valence-electron chi connectivity index (χ2n) is 8.93. The second kappa shape index (κ2) is 8.94. The molecule has 0 radical (unpaired) electrons. The number of hydrogen-bond acceptors (Lipinski definition) is 5. The summed E-state index contributed by atoms with van der Waals surface area (Å²) in [6.07, 6.45) is -4.43. The van der Waals surface area contributed by atoms with Crippen molar-refractivity contribution in [2.45, 2.75) is 26.1 Å². The first-order valence-electron chi connectivity index (χ1n) is 11.5. The third-order valence-electron chi connectivity index (χ3n) is 6.55. The van der Waals surface area contributed by atoms with Gasteiger partial charge in [-0.15, -0.1) is 0 Å². The first kappa shape index (κ1) is 23.8. The van der Waals surface area contributed by atoms with Crippen LogP contribution in [0.25, 0.3) is 22.3 Å². The largest absolute Gasteiger partial charge is 0.508 e. The van der Waals surface area contributed by atoms with E-state index in [9.17, 15) is 23.1 Å². The van der Waals surface area contributed by atoms with E-state index in [0.29, 0.717) is 53.2 Å². The average molecular weight is 496 g/mol. The molecule has 1 saturated heterocycles. The molecule has 5 rings (SSSR count). The van der Waals surface area contributed by atoms with Crippen molar-refractivity contribution in [3.05, 3.63) is 76.5 Å². The lowest BCUT2D eigenvalue weighted by molar-refractivity contribution is -0.137. The molecule has 3 N–H and O–H groups in total. The Morgan fingerprint density at radius 3 is 2.56 bits per heavy atom. The highest BCUT2D eigenvalue weighted by molar-refractivity contribution is 6.07. The summed E-state index contributed by atoms with van der Waals surface area (Å²) in [6, 6.07) is 11.1. The number of benzene rings is 2. The maximum atomic E-state index is 14.0. The standard InChI is InChI=1S/C26H24F3N5O2/c1-14-11-18(35)7-8-19(14)21-12-20(23-15(2)32-33-24(23)31-21)25(36)34-10-9-30-13-22(34)16-3-5-17(6-4-16)26(27,28)29/h3-8,11-12,22,30,35H,9-10,13H2,1-2H3,(H,31,32,33). The van der Waals surface area contributed by atoms with Gasteiger partial charge in [0, 0.05) is 25.2 Å². The second-order valence-corrected chi connectivity index (χ2v) is 8.93. The van der Waals surface area contributed by atoms with Crippen LogP contribution in [0.2, 0.25) is 0 Å². The Bertz CT molecular complexity index is 1450. The van der Waals surface area contributed by atoms with Gasteiger partial charge >= 0.3 is 6.18 Å². The Hall–Kier alpha value is -3.92. The first-order chi connectivity index (χ1) is 17.1. The molecule has 1 amide bonds. The topological polar surface area (TPSA) is 94.1 Å². The lowest BCUT2D eigenvalue weighted by Gasteiger charge is -2.37. The molecule has 2 aromatic heterocycles. The number of aromatic nitrogens is 3. The van der Waals surface area contributed by atoms with Gasteiger partial charge in [-0.1, -0.05) is 12.1 Å². The number of phenolic OH excluding ortho intramolecular Hbond substituents is 1. The molecule has 0 bridgehead atoms. The number of hydrogen-bond donors (Lipinski definition) is 3. The fourth-order valence-corrected chi connectivity index (χ4v) is 4.72. The average Bonchev–Trinajstić information content (AvgIpc) is 3.23. The molecule has 2 aromatic carbocycles. The van der Waals surface area contributed by atoms with Crippen molar-refractivity contribution in [2.24, 2.45) is 0 Å². The van der Waals surface area contributed by atoms with Crippen LogP contribution in [0.15, 0.2) is 48.5 Å². The quantitative estimate of drug-likeness (QED) is 0.381. The zero-order chi connectivity index (χ0) is 25.6. The molecule has 0 aliphatic carbocycles. The van der Waals surface area contributed by atoms with Crippen LogP contribution < -0.4 is 5.32 Å². The monoisotopic (exact) mass is 495 g/mol. The van der Waals surface area contributed by atoms with Gasteiger partial charge in [-0.25, -0.2) is 4.98 Å². The van der Waals surface area contributed by atoms with Crippen LogP contribution >= 0.6 is 0 Å². The van der Waals surface area contributed by atoms with Crippen LogP contribution in [0.3, 0.4) is 0 Å². The Morgan fingerprint density at radius 2 is 1.86 bits per heavy atom. The number of H-pyrrole nitrogens is 1. The molecular formula is C26H24F3N5O2. The predicted molar refractivity (Wildman–Crippen MR) is 129 cm³/mol. The molecule has 1 fully saturated rings. The summed E-state index contributed by atoms with van der Waals surface area (Å²) in [7, 11) is 0. The lowest BCUT2D eigenvalue weighted by Crippen LogP contribution is -2.48. The summed E-state index contributed by atoms with van der Waals surface area (Å²) in [5, 5.41) is 20.8. The Morgan fingerprint density at radius 1 is 1.11 bits per heavy atom. The number of amides is 1. The van der Waals surface area contributed by atoms with Gasteiger partial charge in [-0.2, -0.15) is 18.3 Å². The van der Waals surface area contributed by atoms with E-state index < -0.39 is 17.8 Å². The van der Waals surface area contributed by atoms with Gasteiger partial charge in [0.1, 0.15) is 5.75 Å². The number of fused-ring (bicyclic) bond motifs is 1. The van der Waals surface area contributed by atoms with Crippen molar-refractivity contribution in [1.82, 2.24) is 25.4 Å². The fourth-order valence-electron chi connectivity index (χ4n) is 4.72. The summed E-state index contributed by atoms with van der Waals surface area (Å²) in [6.45, 7) is 5.00. The highest BCUT2D eigenvalue weighted by atomic mass is 19.4. The minimum atomic E-state index is -4.43. The summed E-state index contributed by atoms with van der Waals surface area (Å²) < 4.78 is 39.2. The summed E-state index contributed by atoms with van der Waals surface area (Å²) in [5.41, 5.74) is 3.48. The van der Waals surface area contributed by atoms with Crippen LogP contribution in [0, 0.1) is 13.8 Å². The number of carbonyl (C=O) groups is 1. The minimum Gasteiger partial charge on any atom is -0.508 e. The summed E-state index contributed by atoms with van der Waals surface area (Å²) >= 11 is 0. The van der Waals surface area contributed by atoms with Gasteiger partial charge in [0.15, 0.2) is 5.65 Å². The molecule has 0 spiro atoms. The van der Waals surface area contributed by atoms with Gasteiger partial charge in [0.25, 0.3) is 5.91 Å². The third kappa shape index (κ3) is 4.28. The number of rotatable bonds is 3. The molecule has 10 heteroatoms. The molecule has 0 saturated carbocycles. The van der Waals surface area contributed by atoms with E-state index in [0.717, 1.165) is 23.3 Å². The van der Waals surface area contributed by atoms with Gasteiger partial charge in [-0.3, -0.25) is 9.89 Å². The molecular weight excluding hydrogens is 471 g/mol. The SMILES string of the molecule is Cc1cc(O)ccc1-c1cc(C(=O)N2CCNCC2c2ccc(C(F)(F)F)cc2)c2c(C)n[nH]c2n1. The fraction of sp³-hybridized carbons (Fsp3) is 0.269. The maximum Gasteiger partial charge on any atom is 0.416 e. The maximum absolute atomic E-state index is 14.0. The predicted octanol–water partition coefficient (Wildman–Crippen LogP) is 4.75. The number of alkyl halides is 3. The Kier molecular flexibility index (Phi) is 5.91. The van der Waals surface area contributed by atoms with Crippen molar-refractivity contribution >= 4 is 16.9 Å². The van der Waals surface area contributed by atoms with E-state index in [4.69, 9.17) is 0 Å². The highest BCUT2D eigenvalue weighted by Crippen LogP contribution is 2.34. The van der Waals surface area contributed by atoms with E-state index in [1.165, 1.54) is 12.1 Å². The van der Waals surface area contributed by atoms with E-state index in [-0.39, 0.29) is 11.7 Å². The molecule has 1 atom stereocenters. The van der Waals surface area contributed by atoms with E-state index in [1.807, 2.05) is 6.92 Å². The number of nitrogens with one attached hydrogen (secondary N) is 2. The molecule has 1 aliphatic rings. The number of aryl methyl sites for hydroxylation is 2. The van der Waals surface area contributed by atoms with Gasteiger partial charge in [-0.05, 0) is 61.4 Å².